The Morgan fingerprint density at radius 2 is 1.50 bits per heavy atom. The standard InChI is InChI=1S/C9H8O6S/c10-8-5-3-1-2-4(6(5)9(11)15-8)7(3)16(12,13)14/h1-7H,(H,12,13,14)/t3-,4+,5+,6-,7?. The zero-order valence-corrected chi connectivity index (χ0v) is 8.75. The highest BCUT2D eigenvalue weighted by atomic mass is 32.2. The van der Waals surface area contributed by atoms with Crippen molar-refractivity contribution in [1.29, 1.82) is 0 Å². The lowest BCUT2D eigenvalue weighted by Crippen LogP contribution is -2.30. The number of hydrogen-bond acceptors (Lipinski definition) is 5. The molecule has 1 aliphatic heterocycles. The van der Waals surface area contributed by atoms with Crippen molar-refractivity contribution in [3.8, 4) is 0 Å². The Balaban J connectivity index is 2.10. The van der Waals surface area contributed by atoms with Gasteiger partial charge in [0.2, 0.25) is 0 Å². The van der Waals surface area contributed by atoms with Crippen molar-refractivity contribution < 1.29 is 27.3 Å². The second-order valence-electron chi connectivity index (χ2n) is 4.31. The molecule has 86 valence electrons. The molecule has 0 aromatic rings. The van der Waals surface area contributed by atoms with Gasteiger partial charge in [0.25, 0.3) is 10.1 Å². The van der Waals surface area contributed by atoms with Gasteiger partial charge in [0.1, 0.15) is 5.25 Å². The van der Waals surface area contributed by atoms with Gasteiger partial charge in [0, 0.05) is 11.8 Å². The summed E-state index contributed by atoms with van der Waals surface area (Å²) in [4.78, 5) is 22.8. The van der Waals surface area contributed by atoms with Crippen LogP contribution < -0.4 is 0 Å². The second kappa shape index (κ2) is 2.72. The van der Waals surface area contributed by atoms with Crippen LogP contribution in [0.5, 0.6) is 0 Å². The SMILES string of the molecule is O=C1OC(=O)[C@H]2[C@@H]1[C@H]1C=C[C@@H]2C1S(=O)(=O)O. The fourth-order valence-corrected chi connectivity index (χ4v) is 4.41. The van der Waals surface area contributed by atoms with Crippen LogP contribution in [-0.4, -0.2) is 30.2 Å². The molecule has 16 heavy (non-hydrogen) atoms. The van der Waals surface area contributed by atoms with Gasteiger partial charge in [0.15, 0.2) is 0 Å². The summed E-state index contributed by atoms with van der Waals surface area (Å²) in [5, 5.41) is -1.07. The zero-order valence-electron chi connectivity index (χ0n) is 7.94. The van der Waals surface area contributed by atoms with Gasteiger partial charge in [-0.25, -0.2) is 0 Å². The predicted molar refractivity (Wildman–Crippen MR) is 49.5 cm³/mol. The molecule has 1 N–H and O–H groups in total. The van der Waals surface area contributed by atoms with Gasteiger partial charge in [-0.05, 0) is 0 Å². The van der Waals surface area contributed by atoms with E-state index in [0.717, 1.165) is 0 Å². The predicted octanol–water partition coefficient (Wildman–Crippen LogP) is -0.626. The van der Waals surface area contributed by atoms with Crippen LogP contribution in [0.3, 0.4) is 0 Å². The highest BCUT2D eigenvalue weighted by Crippen LogP contribution is 2.54. The number of carbonyl (C=O) groups excluding carboxylic acids is 2. The number of rotatable bonds is 1. The van der Waals surface area contributed by atoms with Crippen molar-refractivity contribution in [2.75, 3.05) is 0 Å². The highest BCUT2D eigenvalue weighted by molar-refractivity contribution is 7.86. The molecule has 1 unspecified atom stereocenters. The minimum absolute atomic E-state index is 0.635. The fourth-order valence-electron chi connectivity index (χ4n) is 3.10. The molecule has 6 nitrogen and oxygen atoms in total. The van der Waals surface area contributed by atoms with Gasteiger partial charge in [-0.3, -0.25) is 14.1 Å². The summed E-state index contributed by atoms with van der Waals surface area (Å²) in [6.45, 7) is 0. The number of cyclic esters (lactones) is 2. The average Bonchev–Trinajstić information content (AvgIpc) is 2.75. The van der Waals surface area contributed by atoms with E-state index in [9.17, 15) is 18.0 Å². The molecule has 1 saturated heterocycles. The maximum atomic E-state index is 11.4. The van der Waals surface area contributed by atoms with Crippen LogP contribution in [-0.2, 0) is 24.4 Å². The van der Waals surface area contributed by atoms with Gasteiger partial charge in [-0.2, -0.15) is 8.42 Å². The fraction of sp³-hybridized carbons (Fsp3) is 0.556. The number of hydrogen-bond donors (Lipinski definition) is 1. The molecule has 2 fully saturated rings. The number of ether oxygens (including phenoxy) is 1. The summed E-state index contributed by atoms with van der Waals surface area (Å²) in [6.07, 6.45) is 3.15. The van der Waals surface area contributed by atoms with Crippen molar-refractivity contribution >= 4 is 22.1 Å². The monoisotopic (exact) mass is 244 g/mol. The number of fused-ring (bicyclic) bond motifs is 5. The van der Waals surface area contributed by atoms with E-state index in [-0.39, 0.29) is 0 Å². The molecule has 0 spiro atoms. The first-order valence-corrected chi connectivity index (χ1v) is 6.32. The molecule has 5 atom stereocenters. The van der Waals surface area contributed by atoms with E-state index in [0.29, 0.717) is 0 Å². The van der Waals surface area contributed by atoms with Gasteiger partial charge in [-0.15, -0.1) is 0 Å². The molecule has 1 saturated carbocycles. The molecule has 2 aliphatic carbocycles. The van der Waals surface area contributed by atoms with E-state index in [2.05, 4.69) is 4.74 Å². The lowest BCUT2D eigenvalue weighted by Gasteiger charge is -2.13. The van der Waals surface area contributed by atoms with Crippen molar-refractivity contribution in [2.45, 2.75) is 5.25 Å². The first-order chi connectivity index (χ1) is 7.41. The summed E-state index contributed by atoms with van der Waals surface area (Å²) < 4.78 is 36.0. The van der Waals surface area contributed by atoms with Crippen LogP contribution in [0.2, 0.25) is 0 Å². The molecule has 0 aromatic carbocycles. The van der Waals surface area contributed by atoms with Crippen molar-refractivity contribution in [3.63, 3.8) is 0 Å². The van der Waals surface area contributed by atoms with E-state index in [1.165, 1.54) is 0 Å². The van der Waals surface area contributed by atoms with Crippen LogP contribution in [0.4, 0.5) is 0 Å². The van der Waals surface area contributed by atoms with Gasteiger partial charge < -0.3 is 4.74 Å². The zero-order chi connectivity index (χ0) is 11.7. The third kappa shape index (κ3) is 1.02. The van der Waals surface area contributed by atoms with E-state index in [1.807, 2.05) is 0 Å². The Kier molecular flexibility index (Phi) is 1.70. The third-order valence-corrected chi connectivity index (χ3v) is 4.94. The van der Waals surface area contributed by atoms with Crippen LogP contribution in [0.25, 0.3) is 0 Å². The van der Waals surface area contributed by atoms with Crippen LogP contribution in [0.15, 0.2) is 12.2 Å². The normalized spacial score (nSPS) is 44.9. The Bertz CT molecular complexity index is 488. The van der Waals surface area contributed by atoms with E-state index >= 15 is 0 Å². The van der Waals surface area contributed by atoms with Crippen LogP contribution >= 0.6 is 0 Å². The van der Waals surface area contributed by atoms with Crippen molar-refractivity contribution in [1.82, 2.24) is 0 Å². The summed E-state index contributed by atoms with van der Waals surface area (Å²) in [6, 6.07) is 0. The lowest BCUT2D eigenvalue weighted by atomic mass is 9.85. The minimum atomic E-state index is -4.25. The summed E-state index contributed by atoms with van der Waals surface area (Å²) >= 11 is 0. The Morgan fingerprint density at radius 3 is 1.88 bits per heavy atom. The molecule has 3 aliphatic rings. The van der Waals surface area contributed by atoms with Crippen LogP contribution in [0, 0.1) is 23.7 Å². The van der Waals surface area contributed by atoms with Gasteiger partial charge >= 0.3 is 11.9 Å². The molecule has 7 heteroatoms. The lowest BCUT2D eigenvalue weighted by molar-refractivity contribution is -0.154. The first kappa shape index (κ1) is 9.98. The maximum Gasteiger partial charge on any atom is 0.318 e. The van der Waals surface area contributed by atoms with Gasteiger partial charge in [-0.1, -0.05) is 12.2 Å². The average molecular weight is 244 g/mol. The molecule has 2 bridgehead atoms. The molecule has 1 heterocycles. The number of allylic oxidation sites excluding steroid dienone is 2. The van der Waals surface area contributed by atoms with E-state index in [1.54, 1.807) is 12.2 Å². The topological polar surface area (TPSA) is 97.7 Å². The summed E-state index contributed by atoms with van der Waals surface area (Å²) in [5.74, 6) is -4.11. The Labute approximate surface area is 91.0 Å². The second-order valence-corrected chi connectivity index (χ2v) is 5.89. The van der Waals surface area contributed by atoms with Gasteiger partial charge in [0.05, 0.1) is 11.8 Å². The summed E-state index contributed by atoms with van der Waals surface area (Å²) in [5.41, 5.74) is 0. The number of carbonyl (C=O) groups is 2. The first-order valence-electron chi connectivity index (χ1n) is 4.81. The molecular formula is C9H8O6S. The Morgan fingerprint density at radius 1 is 1.06 bits per heavy atom. The number of esters is 2. The molecule has 0 radical (unpaired) electrons. The highest BCUT2D eigenvalue weighted by Gasteiger charge is 2.65. The molecule has 0 aromatic heterocycles. The van der Waals surface area contributed by atoms with Crippen molar-refractivity contribution in [3.05, 3.63) is 12.2 Å². The third-order valence-electron chi connectivity index (χ3n) is 3.62. The maximum absolute atomic E-state index is 11.4. The quantitative estimate of drug-likeness (QED) is 0.285. The largest absolute Gasteiger partial charge is 0.393 e. The van der Waals surface area contributed by atoms with E-state index in [4.69, 9.17) is 4.55 Å². The Hall–Kier alpha value is -1.21. The van der Waals surface area contributed by atoms with E-state index < -0.39 is 51.0 Å². The summed E-state index contributed by atoms with van der Waals surface area (Å²) in [7, 11) is -4.25. The molecule has 0 amide bonds. The van der Waals surface area contributed by atoms with Crippen molar-refractivity contribution in [2.24, 2.45) is 23.7 Å². The smallest absolute Gasteiger partial charge is 0.318 e. The minimum Gasteiger partial charge on any atom is -0.393 e. The molecule has 3 rings (SSSR count). The van der Waals surface area contributed by atoms with Crippen LogP contribution in [0.1, 0.15) is 0 Å². The molecular weight excluding hydrogens is 236 g/mol.